The van der Waals surface area contributed by atoms with Gasteiger partial charge in [0.2, 0.25) is 0 Å². The highest BCUT2D eigenvalue weighted by Crippen LogP contribution is 2.36. The van der Waals surface area contributed by atoms with Crippen LogP contribution >= 0.6 is 15.9 Å². The molecule has 0 saturated carbocycles. The molecule has 2 aromatic carbocycles. The summed E-state index contributed by atoms with van der Waals surface area (Å²) in [6, 6.07) is 15.8. The van der Waals surface area contributed by atoms with Crippen LogP contribution in [0, 0.1) is 24.1 Å². The van der Waals surface area contributed by atoms with Crippen LogP contribution in [-0.4, -0.2) is 4.98 Å². The first-order chi connectivity index (χ1) is 11.5. The molecule has 0 spiro atoms. The van der Waals surface area contributed by atoms with Crippen LogP contribution in [0.2, 0.25) is 0 Å². The molecule has 3 rings (SSSR count). The molecule has 0 unspecified atom stereocenters. The van der Waals surface area contributed by atoms with Crippen molar-refractivity contribution >= 4 is 21.7 Å². The summed E-state index contributed by atoms with van der Waals surface area (Å²) in [5, 5.41) is 9.49. The van der Waals surface area contributed by atoms with Gasteiger partial charge in [-0.3, -0.25) is 0 Å². The number of nitrogens with zero attached hydrogens (tertiary/aromatic N) is 2. The van der Waals surface area contributed by atoms with E-state index >= 15 is 0 Å². The minimum Gasteiger partial charge on any atom is -0.383 e. The number of hydrogen-bond donors (Lipinski definition) is 1. The molecule has 0 atom stereocenters. The molecule has 1 heterocycles. The first kappa shape index (κ1) is 16.2. The van der Waals surface area contributed by atoms with Crippen molar-refractivity contribution in [2.45, 2.75) is 6.92 Å². The summed E-state index contributed by atoms with van der Waals surface area (Å²) in [6.45, 7) is 1.89. The third-order valence-corrected chi connectivity index (χ3v) is 4.36. The van der Waals surface area contributed by atoms with Crippen LogP contribution in [-0.2, 0) is 0 Å². The summed E-state index contributed by atoms with van der Waals surface area (Å²) in [4.78, 5) is 4.41. The maximum absolute atomic E-state index is 13.2. The van der Waals surface area contributed by atoms with Crippen LogP contribution in [0.3, 0.4) is 0 Å². The minimum absolute atomic E-state index is 0.167. The summed E-state index contributed by atoms with van der Waals surface area (Å²) < 4.78 is 14.2. The van der Waals surface area contributed by atoms with Gasteiger partial charge in [-0.15, -0.1) is 0 Å². The zero-order valence-corrected chi connectivity index (χ0v) is 14.4. The number of hydrogen-bond acceptors (Lipinski definition) is 3. The molecule has 0 aliphatic rings. The first-order valence-electron chi connectivity index (χ1n) is 7.23. The number of anilines is 1. The predicted octanol–water partition coefficient (Wildman–Crippen LogP) is 5.08. The van der Waals surface area contributed by atoms with E-state index in [1.54, 1.807) is 12.1 Å². The van der Waals surface area contributed by atoms with Crippen molar-refractivity contribution in [3.05, 3.63) is 69.9 Å². The summed E-state index contributed by atoms with van der Waals surface area (Å²) in [6.07, 6.45) is 0. The van der Waals surface area contributed by atoms with E-state index < -0.39 is 0 Å². The molecule has 118 valence electrons. The molecule has 0 bridgehead atoms. The van der Waals surface area contributed by atoms with Crippen molar-refractivity contribution in [3.8, 4) is 28.5 Å². The van der Waals surface area contributed by atoms with Gasteiger partial charge >= 0.3 is 0 Å². The van der Waals surface area contributed by atoms with Crippen molar-refractivity contribution in [3.63, 3.8) is 0 Å². The van der Waals surface area contributed by atoms with Crippen LogP contribution in [0.25, 0.3) is 22.4 Å². The second-order valence-corrected chi connectivity index (χ2v) is 6.26. The van der Waals surface area contributed by atoms with E-state index in [0.29, 0.717) is 16.8 Å². The summed E-state index contributed by atoms with van der Waals surface area (Å²) in [5.41, 5.74) is 10.2. The second-order valence-electron chi connectivity index (χ2n) is 5.35. The Kier molecular flexibility index (Phi) is 4.32. The maximum Gasteiger partial charge on any atom is 0.142 e. The quantitative estimate of drug-likeness (QED) is 0.672. The molecule has 3 nitrogen and oxygen atoms in total. The lowest BCUT2D eigenvalue weighted by Crippen LogP contribution is -2.03. The molecular formula is C19H13BrFN3. The average Bonchev–Trinajstić information content (AvgIpc) is 2.58. The van der Waals surface area contributed by atoms with Crippen molar-refractivity contribution in [2.75, 3.05) is 5.73 Å². The molecule has 5 heteroatoms. The van der Waals surface area contributed by atoms with E-state index in [0.717, 1.165) is 21.2 Å². The van der Waals surface area contributed by atoms with Crippen LogP contribution in [0.5, 0.6) is 0 Å². The second kappa shape index (κ2) is 6.42. The maximum atomic E-state index is 13.2. The fraction of sp³-hybridized carbons (Fsp3) is 0.0526. The lowest BCUT2D eigenvalue weighted by molar-refractivity contribution is 0.628. The van der Waals surface area contributed by atoms with Crippen LogP contribution in [0.15, 0.2) is 53.0 Å². The van der Waals surface area contributed by atoms with E-state index in [9.17, 15) is 9.65 Å². The highest BCUT2D eigenvalue weighted by molar-refractivity contribution is 9.10. The van der Waals surface area contributed by atoms with Gasteiger partial charge in [-0.2, -0.15) is 5.26 Å². The number of halogens is 2. The first-order valence-corrected chi connectivity index (χ1v) is 8.02. The van der Waals surface area contributed by atoms with Gasteiger partial charge < -0.3 is 5.73 Å². The largest absolute Gasteiger partial charge is 0.383 e. The van der Waals surface area contributed by atoms with E-state index in [1.807, 2.05) is 31.2 Å². The van der Waals surface area contributed by atoms with Crippen molar-refractivity contribution < 1.29 is 4.39 Å². The Hall–Kier alpha value is -2.71. The van der Waals surface area contributed by atoms with Gasteiger partial charge in [-0.1, -0.05) is 40.2 Å². The highest BCUT2D eigenvalue weighted by Gasteiger charge is 2.18. The summed E-state index contributed by atoms with van der Waals surface area (Å²) in [7, 11) is 0. The SMILES string of the molecule is Cc1c(-c2ccc(Br)cc2)nc(N)c(C#N)c1-c1ccc(F)cc1. The third-order valence-electron chi connectivity index (χ3n) is 3.83. The zero-order chi connectivity index (χ0) is 17.3. The van der Waals surface area contributed by atoms with E-state index in [1.165, 1.54) is 12.1 Å². The minimum atomic E-state index is -0.329. The predicted molar refractivity (Wildman–Crippen MR) is 96.6 cm³/mol. The van der Waals surface area contributed by atoms with Gasteiger partial charge in [-0.05, 0) is 42.3 Å². The standard InChI is InChI=1S/C19H13BrFN3/c1-11-17(12-4-8-15(21)9-5-12)16(10-22)19(23)24-18(11)13-2-6-14(20)7-3-13/h2-9H,1H3,(H2,23,24). The van der Waals surface area contributed by atoms with Crippen LogP contribution in [0.1, 0.15) is 11.1 Å². The smallest absolute Gasteiger partial charge is 0.142 e. The molecule has 0 aliphatic carbocycles. The van der Waals surface area contributed by atoms with Crippen molar-refractivity contribution in [2.24, 2.45) is 0 Å². The Bertz CT molecular complexity index is 942. The highest BCUT2D eigenvalue weighted by atomic mass is 79.9. The molecular weight excluding hydrogens is 369 g/mol. The normalized spacial score (nSPS) is 10.4. The molecule has 0 amide bonds. The summed E-state index contributed by atoms with van der Waals surface area (Å²) in [5.74, 6) is -0.162. The number of aromatic nitrogens is 1. The lowest BCUT2D eigenvalue weighted by atomic mass is 9.93. The van der Waals surface area contributed by atoms with Gasteiger partial charge in [0.05, 0.1) is 5.69 Å². The number of rotatable bonds is 2. The van der Waals surface area contributed by atoms with Gasteiger partial charge in [0.15, 0.2) is 0 Å². The van der Waals surface area contributed by atoms with Crippen LogP contribution < -0.4 is 5.73 Å². The van der Waals surface area contributed by atoms with Crippen LogP contribution in [0.4, 0.5) is 10.2 Å². The number of nitrogens with two attached hydrogens (primary N) is 1. The molecule has 24 heavy (non-hydrogen) atoms. The Balaban J connectivity index is 2.29. The molecule has 1 aromatic heterocycles. The molecule has 0 radical (unpaired) electrons. The van der Waals surface area contributed by atoms with E-state index in [2.05, 4.69) is 27.0 Å². The number of nitrogen functional groups attached to an aromatic ring is 1. The molecule has 3 aromatic rings. The van der Waals surface area contributed by atoms with Gasteiger partial charge in [0.25, 0.3) is 0 Å². The fourth-order valence-electron chi connectivity index (χ4n) is 2.67. The van der Waals surface area contributed by atoms with Gasteiger partial charge in [0, 0.05) is 15.6 Å². The topological polar surface area (TPSA) is 62.7 Å². The Morgan fingerprint density at radius 3 is 2.21 bits per heavy atom. The molecule has 0 aliphatic heterocycles. The van der Waals surface area contributed by atoms with Gasteiger partial charge in [0.1, 0.15) is 23.3 Å². The number of pyridine rings is 1. The fourth-order valence-corrected chi connectivity index (χ4v) is 2.94. The Morgan fingerprint density at radius 2 is 1.62 bits per heavy atom. The molecule has 2 N–H and O–H groups in total. The van der Waals surface area contributed by atoms with Gasteiger partial charge in [-0.25, -0.2) is 9.37 Å². The average molecular weight is 382 g/mol. The van der Waals surface area contributed by atoms with Crippen molar-refractivity contribution in [1.82, 2.24) is 4.98 Å². The lowest BCUT2D eigenvalue weighted by Gasteiger charge is -2.15. The Labute approximate surface area is 147 Å². The third kappa shape index (κ3) is 2.89. The monoisotopic (exact) mass is 381 g/mol. The molecule has 0 saturated heterocycles. The number of benzene rings is 2. The molecule has 0 fully saturated rings. The number of nitriles is 1. The Morgan fingerprint density at radius 1 is 1.04 bits per heavy atom. The zero-order valence-electron chi connectivity index (χ0n) is 12.8. The summed E-state index contributed by atoms with van der Waals surface area (Å²) >= 11 is 3.41. The van der Waals surface area contributed by atoms with E-state index in [-0.39, 0.29) is 11.6 Å². The van der Waals surface area contributed by atoms with Crippen molar-refractivity contribution in [1.29, 1.82) is 5.26 Å². The van der Waals surface area contributed by atoms with E-state index in [4.69, 9.17) is 5.73 Å².